The Bertz CT molecular complexity index is 345. The van der Waals surface area contributed by atoms with Crippen molar-refractivity contribution in [3.63, 3.8) is 0 Å². The zero-order valence-electron chi connectivity index (χ0n) is 10.5. The maximum atomic E-state index is 5.70. The van der Waals surface area contributed by atoms with Crippen LogP contribution in [-0.2, 0) is 0 Å². The molecule has 3 N–H and O–H groups in total. The fourth-order valence-electron chi connectivity index (χ4n) is 2.17. The van der Waals surface area contributed by atoms with Crippen molar-refractivity contribution in [1.82, 2.24) is 9.88 Å². The van der Waals surface area contributed by atoms with Crippen molar-refractivity contribution in [2.45, 2.75) is 19.8 Å². The predicted octanol–water partition coefficient (Wildman–Crippen LogP) is 1.81. The summed E-state index contributed by atoms with van der Waals surface area (Å²) in [7, 11) is 0. The van der Waals surface area contributed by atoms with Gasteiger partial charge in [0.1, 0.15) is 5.82 Å². The molecular formula is C13H22N4. The lowest BCUT2D eigenvalue weighted by atomic mass is 9.99. The molecule has 94 valence electrons. The maximum Gasteiger partial charge on any atom is 0.127 e. The topological polar surface area (TPSA) is 54.2 Å². The van der Waals surface area contributed by atoms with Gasteiger partial charge < -0.3 is 16.0 Å². The zero-order chi connectivity index (χ0) is 12.1. The second-order valence-corrected chi connectivity index (χ2v) is 4.93. The maximum absolute atomic E-state index is 5.70. The van der Waals surface area contributed by atoms with Crippen molar-refractivity contribution in [3.05, 3.63) is 18.3 Å². The molecule has 4 heteroatoms. The first-order chi connectivity index (χ1) is 8.24. The lowest BCUT2D eigenvalue weighted by molar-refractivity contribution is 0.199. The highest BCUT2D eigenvalue weighted by atomic mass is 15.1. The number of hydrogen-bond donors (Lipinski definition) is 2. The molecule has 2 rings (SSSR count). The third-order valence-corrected chi connectivity index (χ3v) is 3.39. The Labute approximate surface area is 103 Å². The molecule has 1 fully saturated rings. The number of rotatable bonds is 4. The normalized spacial score (nSPS) is 18.2. The molecule has 0 aliphatic carbocycles. The zero-order valence-corrected chi connectivity index (χ0v) is 10.5. The van der Waals surface area contributed by atoms with Crippen LogP contribution in [0.1, 0.15) is 19.8 Å². The van der Waals surface area contributed by atoms with Crippen LogP contribution < -0.4 is 11.1 Å². The van der Waals surface area contributed by atoms with Crippen molar-refractivity contribution in [3.8, 4) is 0 Å². The average molecular weight is 234 g/mol. The first-order valence-corrected chi connectivity index (χ1v) is 6.42. The Morgan fingerprint density at radius 3 is 2.94 bits per heavy atom. The molecule has 1 saturated heterocycles. The van der Waals surface area contributed by atoms with Crippen LogP contribution in [0.5, 0.6) is 0 Å². The molecule has 0 unspecified atom stereocenters. The number of likely N-dealkylation sites (tertiary alicyclic amines) is 1. The Balaban J connectivity index is 1.69. The molecule has 1 aromatic heterocycles. The lowest BCUT2D eigenvalue weighted by Crippen LogP contribution is -2.36. The largest absolute Gasteiger partial charge is 0.399 e. The minimum atomic E-state index is 0.759. The van der Waals surface area contributed by atoms with E-state index in [1.165, 1.54) is 25.9 Å². The van der Waals surface area contributed by atoms with Gasteiger partial charge in [0.15, 0.2) is 0 Å². The van der Waals surface area contributed by atoms with Gasteiger partial charge in [-0.15, -0.1) is 0 Å². The summed E-state index contributed by atoms with van der Waals surface area (Å²) in [6, 6.07) is 3.68. The molecule has 4 nitrogen and oxygen atoms in total. The minimum absolute atomic E-state index is 0.759. The fourth-order valence-corrected chi connectivity index (χ4v) is 2.17. The molecule has 1 aliphatic heterocycles. The molecule has 0 amide bonds. The van der Waals surface area contributed by atoms with Crippen LogP contribution in [-0.4, -0.2) is 36.1 Å². The number of nitrogens with one attached hydrogen (secondary N) is 1. The molecule has 1 aromatic rings. The molecule has 1 aliphatic rings. The summed E-state index contributed by atoms with van der Waals surface area (Å²) in [5, 5.41) is 3.31. The first-order valence-electron chi connectivity index (χ1n) is 6.42. The summed E-state index contributed by atoms with van der Waals surface area (Å²) in [5.74, 6) is 1.77. The van der Waals surface area contributed by atoms with Crippen molar-refractivity contribution in [2.75, 3.05) is 37.2 Å². The van der Waals surface area contributed by atoms with E-state index in [2.05, 4.69) is 22.1 Å². The third-order valence-electron chi connectivity index (χ3n) is 3.39. The van der Waals surface area contributed by atoms with E-state index < -0.39 is 0 Å². The SMILES string of the molecule is CC1CCN(CCNc2cc(N)ccn2)CC1. The minimum Gasteiger partial charge on any atom is -0.399 e. The van der Waals surface area contributed by atoms with E-state index in [1.54, 1.807) is 12.3 Å². The highest BCUT2D eigenvalue weighted by Gasteiger charge is 2.14. The Morgan fingerprint density at radius 2 is 2.24 bits per heavy atom. The number of hydrogen-bond acceptors (Lipinski definition) is 4. The fraction of sp³-hybridized carbons (Fsp3) is 0.615. The molecule has 0 atom stereocenters. The van der Waals surface area contributed by atoms with Gasteiger partial charge in [0.25, 0.3) is 0 Å². The quantitative estimate of drug-likeness (QED) is 0.834. The highest BCUT2D eigenvalue weighted by Crippen LogP contribution is 2.15. The monoisotopic (exact) mass is 234 g/mol. The molecule has 2 heterocycles. The summed E-state index contributed by atoms with van der Waals surface area (Å²) in [6.45, 7) is 6.82. The van der Waals surface area contributed by atoms with E-state index in [-0.39, 0.29) is 0 Å². The average Bonchev–Trinajstić information content (AvgIpc) is 2.32. The van der Waals surface area contributed by atoms with E-state index in [0.717, 1.165) is 30.5 Å². The van der Waals surface area contributed by atoms with Gasteiger partial charge in [-0.2, -0.15) is 0 Å². The number of aromatic nitrogens is 1. The van der Waals surface area contributed by atoms with Gasteiger partial charge in [-0.3, -0.25) is 0 Å². The molecule has 0 radical (unpaired) electrons. The summed E-state index contributed by atoms with van der Waals surface area (Å²) >= 11 is 0. The Kier molecular flexibility index (Phi) is 4.20. The number of anilines is 2. The smallest absolute Gasteiger partial charge is 0.127 e. The molecular weight excluding hydrogens is 212 g/mol. The van der Waals surface area contributed by atoms with Crippen LogP contribution in [0.2, 0.25) is 0 Å². The van der Waals surface area contributed by atoms with Gasteiger partial charge in [0.2, 0.25) is 0 Å². The van der Waals surface area contributed by atoms with E-state index in [4.69, 9.17) is 5.73 Å². The van der Waals surface area contributed by atoms with Crippen LogP contribution in [0.15, 0.2) is 18.3 Å². The van der Waals surface area contributed by atoms with Gasteiger partial charge in [0.05, 0.1) is 0 Å². The van der Waals surface area contributed by atoms with E-state index >= 15 is 0 Å². The molecule has 0 saturated carbocycles. The number of piperidine rings is 1. The van der Waals surface area contributed by atoms with Gasteiger partial charge >= 0.3 is 0 Å². The van der Waals surface area contributed by atoms with Crippen LogP contribution in [0, 0.1) is 5.92 Å². The Morgan fingerprint density at radius 1 is 1.47 bits per heavy atom. The van der Waals surface area contributed by atoms with E-state index in [0.29, 0.717) is 0 Å². The molecule has 0 spiro atoms. The number of nitrogens with zero attached hydrogens (tertiary/aromatic N) is 2. The van der Waals surface area contributed by atoms with Crippen molar-refractivity contribution < 1.29 is 0 Å². The molecule has 0 bridgehead atoms. The standard InChI is InChI=1S/C13H22N4/c1-11-3-7-17(8-4-11)9-6-16-13-10-12(14)2-5-15-13/h2,5,10-11H,3-4,6-9H2,1H3,(H3,14,15,16). The summed E-state index contributed by atoms with van der Waals surface area (Å²) in [6.07, 6.45) is 4.40. The van der Waals surface area contributed by atoms with Gasteiger partial charge in [0, 0.05) is 31.0 Å². The van der Waals surface area contributed by atoms with Gasteiger partial charge in [-0.05, 0) is 37.9 Å². The van der Waals surface area contributed by atoms with E-state index in [1.807, 2.05) is 6.07 Å². The van der Waals surface area contributed by atoms with Crippen molar-refractivity contribution >= 4 is 11.5 Å². The first kappa shape index (κ1) is 12.2. The van der Waals surface area contributed by atoms with Crippen LogP contribution in [0.25, 0.3) is 0 Å². The second-order valence-electron chi connectivity index (χ2n) is 4.93. The highest BCUT2D eigenvalue weighted by molar-refractivity contribution is 5.48. The number of nitrogens with two attached hydrogens (primary N) is 1. The Hall–Kier alpha value is -1.29. The van der Waals surface area contributed by atoms with Gasteiger partial charge in [-0.25, -0.2) is 4.98 Å². The predicted molar refractivity (Wildman–Crippen MR) is 72.0 cm³/mol. The van der Waals surface area contributed by atoms with Crippen molar-refractivity contribution in [2.24, 2.45) is 5.92 Å². The van der Waals surface area contributed by atoms with Crippen LogP contribution in [0.4, 0.5) is 11.5 Å². The summed E-state index contributed by atoms with van der Waals surface area (Å²) in [4.78, 5) is 6.74. The van der Waals surface area contributed by atoms with E-state index in [9.17, 15) is 0 Å². The summed E-state index contributed by atoms with van der Waals surface area (Å²) in [5.41, 5.74) is 6.46. The van der Waals surface area contributed by atoms with Gasteiger partial charge in [-0.1, -0.05) is 6.92 Å². The number of nitrogen functional groups attached to an aromatic ring is 1. The number of pyridine rings is 1. The van der Waals surface area contributed by atoms with Crippen molar-refractivity contribution in [1.29, 1.82) is 0 Å². The van der Waals surface area contributed by atoms with Crippen LogP contribution in [0.3, 0.4) is 0 Å². The molecule has 0 aromatic carbocycles. The lowest BCUT2D eigenvalue weighted by Gasteiger charge is -2.30. The van der Waals surface area contributed by atoms with Crippen LogP contribution >= 0.6 is 0 Å². The molecule has 17 heavy (non-hydrogen) atoms. The third kappa shape index (κ3) is 3.89. The second kappa shape index (κ2) is 5.87. The summed E-state index contributed by atoms with van der Waals surface area (Å²) < 4.78 is 0.